The van der Waals surface area contributed by atoms with Crippen molar-refractivity contribution in [3.05, 3.63) is 54.1 Å². The Kier molecular flexibility index (Phi) is 3.89. The highest BCUT2D eigenvalue weighted by Gasteiger charge is 2.13. The van der Waals surface area contributed by atoms with Crippen LogP contribution < -0.4 is 11.5 Å². The van der Waals surface area contributed by atoms with Gasteiger partial charge in [-0.15, -0.1) is 0 Å². The SMILES string of the molecule is NCCCn1c(-c2ccccc2)nc2cc(C(N)=O)ccc21. The second-order valence-electron chi connectivity index (χ2n) is 5.16. The quantitative estimate of drug-likeness (QED) is 0.756. The largest absolute Gasteiger partial charge is 0.366 e. The van der Waals surface area contributed by atoms with E-state index >= 15 is 0 Å². The lowest BCUT2D eigenvalue weighted by atomic mass is 10.2. The molecule has 0 unspecified atom stereocenters. The molecule has 1 aromatic heterocycles. The van der Waals surface area contributed by atoms with Crippen molar-refractivity contribution in [3.8, 4) is 11.4 Å². The van der Waals surface area contributed by atoms with Crippen LogP contribution in [0.25, 0.3) is 22.4 Å². The third kappa shape index (κ3) is 2.58. The number of primary amides is 1. The van der Waals surface area contributed by atoms with Crippen LogP contribution in [0.1, 0.15) is 16.8 Å². The third-order valence-corrected chi connectivity index (χ3v) is 3.65. The molecule has 1 heterocycles. The number of amides is 1. The van der Waals surface area contributed by atoms with Gasteiger partial charge >= 0.3 is 0 Å². The van der Waals surface area contributed by atoms with E-state index in [9.17, 15) is 4.79 Å². The number of aromatic nitrogens is 2. The maximum atomic E-state index is 11.3. The number of aryl methyl sites for hydroxylation is 1. The maximum Gasteiger partial charge on any atom is 0.248 e. The minimum Gasteiger partial charge on any atom is -0.366 e. The molecule has 4 N–H and O–H groups in total. The van der Waals surface area contributed by atoms with Crippen molar-refractivity contribution >= 4 is 16.9 Å². The summed E-state index contributed by atoms with van der Waals surface area (Å²) in [5.74, 6) is 0.435. The monoisotopic (exact) mass is 294 g/mol. The molecule has 0 radical (unpaired) electrons. The van der Waals surface area contributed by atoms with E-state index in [0.717, 1.165) is 35.4 Å². The molecule has 0 saturated carbocycles. The minimum atomic E-state index is -0.445. The van der Waals surface area contributed by atoms with Crippen LogP contribution in [0.2, 0.25) is 0 Å². The zero-order chi connectivity index (χ0) is 15.5. The Hall–Kier alpha value is -2.66. The first-order valence-electron chi connectivity index (χ1n) is 7.26. The van der Waals surface area contributed by atoms with Gasteiger partial charge in [-0.25, -0.2) is 4.98 Å². The lowest BCUT2D eigenvalue weighted by molar-refractivity contribution is 0.100. The Morgan fingerprint density at radius 1 is 1.14 bits per heavy atom. The lowest BCUT2D eigenvalue weighted by Gasteiger charge is -2.08. The van der Waals surface area contributed by atoms with E-state index in [1.54, 1.807) is 12.1 Å². The molecule has 2 aromatic carbocycles. The number of carbonyl (C=O) groups is 1. The van der Waals surface area contributed by atoms with Crippen LogP contribution in [0.15, 0.2) is 48.5 Å². The first kappa shape index (κ1) is 14.3. The Morgan fingerprint density at radius 2 is 1.91 bits per heavy atom. The average molecular weight is 294 g/mol. The van der Waals surface area contributed by atoms with Gasteiger partial charge in [0.15, 0.2) is 0 Å². The van der Waals surface area contributed by atoms with E-state index in [0.29, 0.717) is 12.1 Å². The molecule has 0 aliphatic heterocycles. The summed E-state index contributed by atoms with van der Waals surface area (Å²) >= 11 is 0. The summed E-state index contributed by atoms with van der Waals surface area (Å²) < 4.78 is 2.14. The molecule has 22 heavy (non-hydrogen) atoms. The number of rotatable bonds is 5. The van der Waals surface area contributed by atoms with E-state index in [1.165, 1.54) is 0 Å². The fourth-order valence-electron chi connectivity index (χ4n) is 2.57. The smallest absolute Gasteiger partial charge is 0.248 e. The van der Waals surface area contributed by atoms with Gasteiger partial charge in [0.25, 0.3) is 0 Å². The molecule has 3 rings (SSSR count). The predicted molar refractivity (Wildman–Crippen MR) is 87.4 cm³/mol. The number of hydrogen-bond acceptors (Lipinski definition) is 3. The van der Waals surface area contributed by atoms with Crippen molar-refractivity contribution in [2.45, 2.75) is 13.0 Å². The van der Waals surface area contributed by atoms with Gasteiger partial charge in [0.1, 0.15) is 5.82 Å². The van der Waals surface area contributed by atoms with Gasteiger partial charge in [0.05, 0.1) is 11.0 Å². The summed E-state index contributed by atoms with van der Waals surface area (Å²) in [6, 6.07) is 15.4. The molecule has 1 amide bonds. The first-order valence-corrected chi connectivity index (χ1v) is 7.26. The molecule has 5 heteroatoms. The molecular formula is C17H18N4O. The number of fused-ring (bicyclic) bond motifs is 1. The minimum absolute atomic E-state index is 0.445. The standard InChI is InChI=1S/C17H18N4O/c18-9-4-10-21-15-8-7-13(16(19)22)11-14(15)20-17(21)12-5-2-1-3-6-12/h1-3,5-8,11H,4,9-10,18H2,(H2,19,22). The van der Waals surface area contributed by atoms with Crippen molar-refractivity contribution < 1.29 is 4.79 Å². The Labute approximate surface area is 128 Å². The van der Waals surface area contributed by atoms with Crippen molar-refractivity contribution in [1.29, 1.82) is 0 Å². The summed E-state index contributed by atoms with van der Waals surface area (Å²) in [6.45, 7) is 1.40. The number of carbonyl (C=O) groups excluding carboxylic acids is 1. The predicted octanol–water partition coefficient (Wildman–Crippen LogP) is 2.15. The van der Waals surface area contributed by atoms with Crippen LogP contribution in [-0.2, 0) is 6.54 Å². The van der Waals surface area contributed by atoms with E-state index in [4.69, 9.17) is 16.5 Å². The topological polar surface area (TPSA) is 86.9 Å². The molecule has 3 aromatic rings. The molecule has 112 valence electrons. The van der Waals surface area contributed by atoms with Gasteiger partial charge < -0.3 is 16.0 Å². The van der Waals surface area contributed by atoms with Gasteiger partial charge in [-0.3, -0.25) is 4.79 Å². The number of benzene rings is 2. The maximum absolute atomic E-state index is 11.3. The highest BCUT2D eigenvalue weighted by atomic mass is 16.1. The molecule has 0 spiro atoms. The Bertz CT molecular complexity index is 808. The van der Waals surface area contributed by atoms with E-state index < -0.39 is 5.91 Å². The first-order chi connectivity index (χ1) is 10.7. The number of hydrogen-bond donors (Lipinski definition) is 2. The molecule has 0 bridgehead atoms. The Morgan fingerprint density at radius 3 is 2.59 bits per heavy atom. The van der Waals surface area contributed by atoms with E-state index in [-0.39, 0.29) is 0 Å². The molecule has 5 nitrogen and oxygen atoms in total. The van der Waals surface area contributed by atoms with Gasteiger partial charge in [-0.1, -0.05) is 30.3 Å². The lowest BCUT2D eigenvalue weighted by Crippen LogP contribution is -2.10. The second-order valence-corrected chi connectivity index (χ2v) is 5.16. The molecule has 0 aliphatic rings. The zero-order valence-electron chi connectivity index (χ0n) is 12.2. The van der Waals surface area contributed by atoms with Crippen molar-refractivity contribution in [2.24, 2.45) is 11.5 Å². The normalized spacial score (nSPS) is 11.0. The molecule has 0 atom stereocenters. The summed E-state index contributed by atoms with van der Waals surface area (Å²) in [5.41, 5.74) is 14.3. The van der Waals surface area contributed by atoms with Crippen LogP contribution in [-0.4, -0.2) is 22.0 Å². The van der Waals surface area contributed by atoms with Gasteiger partial charge in [0, 0.05) is 17.7 Å². The van der Waals surface area contributed by atoms with Crippen LogP contribution in [0.4, 0.5) is 0 Å². The fourth-order valence-corrected chi connectivity index (χ4v) is 2.57. The highest BCUT2D eigenvalue weighted by Crippen LogP contribution is 2.25. The van der Waals surface area contributed by atoms with E-state index in [2.05, 4.69) is 4.57 Å². The second kappa shape index (κ2) is 5.99. The van der Waals surface area contributed by atoms with Gasteiger partial charge in [0.2, 0.25) is 5.91 Å². The van der Waals surface area contributed by atoms with Crippen molar-refractivity contribution in [1.82, 2.24) is 9.55 Å². The van der Waals surface area contributed by atoms with Crippen LogP contribution in [0, 0.1) is 0 Å². The number of nitrogens with zero attached hydrogens (tertiary/aromatic N) is 2. The summed E-state index contributed by atoms with van der Waals surface area (Å²) in [4.78, 5) is 16.0. The summed E-state index contributed by atoms with van der Waals surface area (Å²) in [6.07, 6.45) is 0.864. The summed E-state index contributed by atoms with van der Waals surface area (Å²) in [7, 11) is 0. The zero-order valence-corrected chi connectivity index (χ0v) is 12.2. The van der Waals surface area contributed by atoms with Crippen molar-refractivity contribution in [3.63, 3.8) is 0 Å². The van der Waals surface area contributed by atoms with Crippen LogP contribution >= 0.6 is 0 Å². The molecular weight excluding hydrogens is 276 g/mol. The molecule has 0 saturated heterocycles. The van der Waals surface area contributed by atoms with E-state index in [1.807, 2.05) is 36.4 Å². The average Bonchev–Trinajstić information content (AvgIpc) is 2.91. The number of nitrogens with two attached hydrogens (primary N) is 2. The highest BCUT2D eigenvalue weighted by molar-refractivity contribution is 5.96. The Balaban J connectivity index is 2.18. The van der Waals surface area contributed by atoms with Crippen molar-refractivity contribution in [2.75, 3.05) is 6.54 Å². The molecule has 0 fully saturated rings. The van der Waals surface area contributed by atoms with Crippen LogP contribution in [0.3, 0.4) is 0 Å². The number of imidazole rings is 1. The van der Waals surface area contributed by atoms with Crippen LogP contribution in [0.5, 0.6) is 0 Å². The fraction of sp³-hybridized carbons (Fsp3) is 0.176. The summed E-state index contributed by atoms with van der Waals surface area (Å²) in [5, 5.41) is 0. The van der Waals surface area contributed by atoms with Gasteiger partial charge in [-0.05, 0) is 31.2 Å². The van der Waals surface area contributed by atoms with Gasteiger partial charge in [-0.2, -0.15) is 0 Å². The molecule has 0 aliphatic carbocycles. The third-order valence-electron chi connectivity index (χ3n) is 3.65.